The van der Waals surface area contributed by atoms with Crippen molar-refractivity contribution in [1.29, 1.82) is 0 Å². The minimum Gasteiger partial charge on any atom is -0.276 e. The Hall–Kier alpha value is -0.410. The van der Waals surface area contributed by atoms with Crippen molar-refractivity contribution in [3.05, 3.63) is 33.5 Å². The number of halogens is 3. The maximum Gasteiger partial charge on any atom is 0.253 e. The molecule has 1 nitrogen and oxygen atoms in total. The molecule has 0 aliphatic carbocycles. The molecule has 0 aliphatic rings. The number of aryl methyl sites for hydroxylation is 1. The lowest BCUT2D eigenvalue weighted by molar-refractivity contribution is 0.108. The smallest absolute Gasteiger partial charge is 0.253 e. The van der Waals surface area contributed by atoms with E-state index in [1.807, 2.05) is 0 Å². The van der Waals surface area contributed by atoms with Gasteiger partial charge in [0.15, 0.2) is 0 Å². The zero-order valence-corrected chi connectivity index (χ0v) is 8.54. The fourth-order valence-electron chi connectivity index (χ4n) is 0.797. The molecule has 0 atom stereocenters. The van der Waals surface area contributed by atoms with Gasteiger partial charge in [-0.2, -0.15) is 0 Å². The van der Waals surface area contributed by atoms with E-state index in [1.54, 1.807) is 6.92 Å². The number of hydrogen-bond acceptors (Lipinski definition) is 1. The summed E-state index contributed by atoms with van der Waals surface area (Å²) < 4.78 is 13.4. The first kappa shape index (κ1) is 9.68. The monoisotopic (exact) mass is 250 g/mol. The van der Waals surface area contributed by atoms with Gasteiger partial charge in [-0.1, -0.05) is 0 Å². The van der Waals surface area contributed by atoms with Gasteiger partial charge in [0, 0.05) is 4.47 Å². The maximum atomic E-state index is 12.9. The molecule has 64 valence electrons. The van der Waals surface area contributed by atoms with Crippen molar-refractivity contribution >= 4 is 32.8 Å². The van der Waals surface area contributed by atoms with Crippen molar-refractivity contribution in [3.63, 3.8) is 0 Å². The third kappa shape index (κ3) is 1.84. The normalized spacial score (nSPS) is 10.0. The largest absolute Gasteiger partial charge is 0.276 e. The first-order valence-electron chi connectivity index (χ1n) is 3.18. The highest BCUT2D eigenvalue weighted by Crippen LogP contribution is 2.22. The fraction of sp³-hybridized carbons (Fsp3) is 0.125. The highest BCUT2D eigenvalue weighted by atomic mass is 79.9. The summed E-state index contributed by atoms with van der Waals surface area (Å²) in [6.45, 7) is 1.61. The highest BCUT2D eigenvalue weighted by molar-refractivity contribution is 9.10. The van der Waals surface area contributed by atoms with Crippen molar-refractivity contribution in [3.8, 4) is 0 Å². The number of carbonyl (C=O) groups excluding carboxylic acids is 1. The first-order chi connectivity index (χ1) is 5.52. The molecule has 1 aromatic carbocycles. The van der Waals surface area contributed by atoms with Gasteiger partial charge < -0.3 is 0 Å². The predicted molar refractivity (Wildman–Crippen MR) is 49.0 cm³/mol. The van der Waals surface area contributed by atoms with E-state index in [0.29, 0.717) is 10.0 Å². The van der Waals surface area contributed by atoms with Crippen LogP contribution >= 0.6 is 27.5 Å². The summed E-state index contributed by atoms with van der Waals surface area (Å²) in [5, 5.41) is -0.666. The average Bonchev–Trinajstić information content (AvgIpc) is 1.96. The summed E-state index contributed by atoms with van der Waals surface area (Å²) in [6, 6.07) is 2.64. The van der Waals surface area contributed by atoms with Crippen LogP contribution in [-0.4, -0.2) is 5.24 Å². The van der Waals surface area contributed by atoms with Crippen molar-refractivity contribution < 1.29 is 9.18 Å². The van der Waals surface area contributed by atoms with E-state index in [9.17, 15) is 9.18 Å². The van der Waals surface area contributed by atoms with Crippen molar-refractivity contribution in [2.24, 2.45) is 0 Å². The van der Waals surface area contributed by atoms with Gasteiger partial charge in [0.25, 0.3) is 5.24 Å². The van der Waals surface area contributed by atoms with E-state index in [2.05, 4.69) is 15.9 Å². The molecule has 0 amide bonds. The van der Waals surface area contributed by atoms with Crippen molar-refractivity contribution in [1.82, 2.24) is 0 Å². The van der Waals surface area contributed by atoms with Crippen LogP contribution in [0.4, 0.5) is 4.39 Å². The molecular weight excluding hydrogens is 246 g/mol. The molecule has 4 heteroatoms. The standard InChI is InChI=1S/C8H5BrClFO/c1-4-2-6(9)5(8(10)12)3-7(4)11/h2-3H,1H3. The second-order valence-corrected chi connectivity index (χ2v) is 3.55. The van der Waals surface area contributed by atoms with E-state index in [4.69, 9.17) is 11.6 Å². The molecule has 1 aromatic rings. The molecule has 0 saturated carbocycles. The van der Waals surface area contributed by atoms with Crippen LogP contribution in [-0.2, 0) is 0 Å². The van der Waals surface area contributed by atoms with Gasteiger partial charge in [0.1, 0.15) is 5.82 Å². The topological polar surface area (TPSA) is 17.1 Å². The minimum atomic E-state index is -0.666. The molecule has 0 heterocycles. The zero-order chi connectivity index (χ0) is 9.30. The lowest BCUT2D eigenvalue weighted by Gasteiger charge is -2.01. The number of rotatable bonds is 1. The van der Waals surface area contributed by atoms with E-state index in [0.717, 1.165) is 6.07 Å². The Bertz CT molecular complexity index is 338. The summed E-state index contributed by atoms with van der Waals surface area (Å²) in [5.41, 5.74) is 0.628. The Morgan fingerprint density at radius 2 is 2.17 bits per heavy atom. The van der Waals surface area contributed by atoms with Crippen LogP contribution in [0.3, 0.4) is 0 Å². The Labute approximate surface area is 82.7 Å². The van der Waals surface area contributed by atoms with Crippen molar-refractivity contribution in [2.75, 3.05) is 0 Å². The van der Waals surface area contributed by atoms with Crippen LogP contribution < -0.4 is 0 Å². The number of carbonyl (C=O) groups is 1. The van der Waals surface area contributed by atoms with Gasteiger partial charge in [-0.15, -0.1) is 0 Å². The predicted octanol–water partition coefficient (Wildman–Crippen LogP) is 3.28. The van der Waals surface area contributed by atoms with Crippen LogP contribution in [0.15, 0.2) is 16.6 Å². The zero-order valence-electron chi connectivity index (χ0n) is 6.20. The molecule has 0 spiro atoms. The van der Waals surface area contributed by atoms with Gasteiger partial charge in [-0.25, -0.2) is 4.39 Å². The maximum absolute atomic E-state index is 12.9. The third-order valence-corrected chi connectivity index (χ3v) is 2.32. The molecule has 0 N–H and O–H groups in total. The quantitative estimate of drug-likeness (QED) is 0.700. The summed E-state index contributed by atoms with van der Waals surface area (Å²) in [6.07, 6.45) is 0. The summed E-state index contributed by atoms with van der Waals surface area (Å²) in [5.74, 6) is -0.429. The second-order valence-electron chi connectivity index (χ2n) is 2.35. The lowest BCUT2D eigenvalue weighted by atomic mass is 10.1. The highest BCUT2D eigenvalue weighted by Gasteiger charge is 2.10. The third-order valence-electron chi connectivity index (χ3n) is 1.46. The molecular formula is C8H5BrClFO. The van der Waals surface area contributed by atoms with E-state index in [1.165, 1.54) is 6.07 Å². The molecule has 0 bridgehead atoms. The molecule has 0 unspecified atom stereocenters. The van der Waals surface area contributed by atoms with Crippen LogP contribution in [0.25, 0.3) is 0 Å². The van der Waals surface area contributed by atoms with Crippen LogP contribution in [0.2, 0.25) is 0 Å². The molecule has 0 radical (unpaired) electrons. The van der Waals surface area contributed by atoms with Crippen molar-refractivity contribution in [2.45, 2.75) is 6.92 Å². The Morgan fingerprint density at radius 3 is 2.67 bits per heavy atom. The first-order valence-corrected chi connectivity index (χ1v) is 4.35. The Kier molecular flexibility index (Phi) is 2.85. The van der Waals surface area contributed by atoms with E-state index >= 15 is 0 Å². The van der Waals surface area contributed by atoms with Crippen LogP contribution in [0, 0.1) is 12.7 Å². The van der Waals surface area contributed by atoms with Crippen LogP contribution in [0.1, 0.15) is 15.9 Å². The van der Waals surface area contributed by atoms with Gasteiger partial charge in [-0.3, -0.25) is 4.79 Å². The fourth-order valence-corrected chi connectivity index (χ4v) is 1.71. The van der Waals surface area contributed by atoms with Crippen LogP contribution in [0.5, 0.6) is 0 Å². The molecule has 0 aliphatic heterocycles. The second kappa shape index (κ2) is 3.54. The van der Waals surface area contributed by atoms with Gasteiger partial charge in [0.2, 0.25) is 0 Å². The summed E-state index contributed by atoms with van der Waals surface area (Å²) >= 11 is 8.31. The Morgan fingerprint density at radius 1 is 1.58 bits per heavy atom. The number of benzene rings is 1. The molecule has 12 heavy (non-hydrogen) atoms. The van der Waals surface area contributed by atoms with Gasteiger partial charge in [0.05, 0.1) is 5.56 Å². The average molecular weight is 251 g/mol. The molecule has 0 saturated heterocycles. The summed E-state index contributed by atoms with van der Waals surface area (Å²) in [7, 11) is 0. The molecule has 0 aromatic heterocycles. The van der Waals surface area contributed by atoms with Gasteiger partial charge in [-0.05, 0) is 52.2 Å². The Balaban J connectivity index is 3.33. The van der Waals surface area contributed by atoms with E-state index in [-0.39, 0.29) is 5.56 Å². The minimum absolute atomic E-state index is 0.153. The van der Waals surface area contributed by atoms with E-state index < -0.39 is 11.1 Å². The molecule has 0 fully saturated rings. The lowest BCUT2D eigenvalue weighted by Crippen LogP contribution is -1.94. The molecule has 1 rings (SSSR count). The SMILES string of the molecule is Cc1cc(Br)c(C(=O)Cl)cc1F. The summed E-state index contributed by atoms with van der Waals surface area (Å²) in [4.78, 5) is 10.7. The van der Waals surface area contributed by atoms with Gasteiger partial charge >= 0.3 is 0 Å². The number of hydrogen-bond donors (Lipinski definition) is 0.